The lowest BCUT2D eigenvalue weighted by molar-refractivity contribution is -0.122. The highest BCUT2D eigenvalue weighted by atomic mass is 35.5. The zero-order valence-electron chi connectivity index (χ0n) is 11.9. The molecule has 1 unspecified atom stereocenters. The maximum absolute atomic E-state index is 12.1. The van der Waals surface area contributed by atoms with Crippen molar-refractivity contribution in [3.8, 4) is 0 Å². The van der Waals surface area contributed by atoms with Crippen molar-refractivity contribution < 1.29 is 4.79 Å². The number of Topliss-reactive ketones (excluding diaryl/α,β-unsaturated/α-hetero) is 1. The van der Waals surface area contributed by atoms with Crippen LogP contribution < -0.4 is 0 Å². The lowest BCUT2D eigenvalue weighted by Gasteiger charge is -2.14. The number of hydrogen-bond donors (Lipinski definition) is 0. The molecule has 0 aliphatic heterocycles. The predicted molar refractivity (Wildman–Crippen MR) is 77.6 cm³/mol. The Kier molecular flexibility index (Phi) is 5.03. The van der Waals surface area contributed by atoms with Crippen molar-refractivity contribution >= 4 is 17.4 Å². The van der Waals surface area contributed by atoms with E-state index in [0.717, 1.165) is 61.5 Å². The molecule has 1 aromatic heterocycles. The van der Waals surface area contributed by atoms with E-state index < -0.39 is 0 Å². The molecule has 106 valence electrons. The van der Waals surface area contributed by atoms with Crippen LogP contribution in [0.5, 0.6) is 0 Å². The maximum Gasteiger partial charge on any atom is 0.136 e. The smallest absolute Gasteiger partial charge is 0.136 e. The summed E-state index contributed by atoms with van der Waals surface area (Å²) in [6.07, 6.45) is 6.75. The molecule has 1 aliphatic carbocycles. The van der Waals surface area contributed by atoms with Gasteiger partial charge in [-0.2, -0.15) is 5.10 Å². The Hall–Kier alpha value is -0.830. The largest absolute Gasteiger partial charge is 0.299 e. The number of aryl methyl sites for hydroxylation is 2. The lowest BCUT2D eigenvalue weighted by Crippen LogP contribution is -2.17. The van der Waals surface area contributed by atoms with Crippen molar-refractivity contribution in [2.75, 3.05) is 0 Å². The normalized spacial score (nSPS) is 20.6. The van der Waals surface area contributed by atoms with Gasteiger partial charge in [-0.15, -0.1) is 0 Å². The molecular weight excluding hydrogens is 260 g/mol. The fraction of sp³-hybridized carbons (Fsp3) is 0.733. The highest BCUT2D eigenvalue weighted by Gasteiger charge is 2.25. The van der Waals surface area contributed by atoms with Gasteiger partial charge in [0.2, 0.25) is 0 Å². The quantitative estimate of drug-likeness (QED) is 0.787. The second-order valence-corrected chi connectivity index (χ2v) is 5.72. The van der Waals surface area contributed by atoms with Gasteiger partial charge in [-0.25, -0.2) is 0 Å². The standard InChI is InChI=1S/C15H23ClN2O/c1-3-12-15(16)13(18(4-2)17-12)10-11-8-6-5-7-9-14(11)19/h11H,3-10H2,1-2H3. The topological polar surface area (TPSA) is 34.9 Å². The first-order valence-electron chi connectivity index (χ1n) is 7.44. The van der Waals surface area contributed by atoms with E-state index in [1.54, 1.807) is 0 Å². The molecule has 1 aromatic rings. The molecule has 0 radical (unpaired) electrons. The molecule has 0 saturated heterocycles. The van der Waals surface area contributed by atoms with Crippen LogP contribution >= 0.6 is 11.6 Å². The molecule has 1 aliphatic rings. The van der Waals surface area contributed by atoms with Gasteiger partial charge in [0.1, 0.15) is 5.78 Å². The Morgan fingerprint density at radius 2 is 2.11 bits per heavy atom. The number of aromatic nitrogens is 2. The van der Waals surface area contributed by atoms with Crippen LogP contribution in [0.3, 0.4) is 0 Å². The summed E-state index contributed by atoms with van der Waals surface area (Å²) < 4.78 is 1.97. The molecule has 1 atom stereocenters. The van der Waals surface area contributed by atoms with Crippen LogP contribution in [-0.2, 0) is 24.2 Å². The first-order valence-corrected chi connectivity index (χ1v) is 7.81. The highest BCUT2D eigenvalue weighted by Crippen LogP contribution is 2.28. The second-order valence-electron chi connectivity index (χ2n) is 5.34. The first kappa shape index (κ1) is 14.6. The van der Waals surface area contributed by atoms with Crippen LogP contribution in [0.2, 0.25) is 5.02 Å². The third-order valence-electron chi connectivity index (χ3n) is 4.06. The molecule has 1 heterocycles. The summed E-state index contributed by atoms with van der Waals surface area (Å²) in [6.45, 7) is 4.95. The van der Waals surface area contributed by atoms with Gasteiger partial charge in [-0.3, -0.25) is 9.48 Å². The minimum absolute atomic E-state index is 0.145. The highest BCUT2D eigenvalue weighted by molar-refractivity contribution is 6.31. The number of halogens is 1. The van der Waals surface area contributed by atoms with Crippen molar-refractivity contribution in [1.82, 2.24) is 9.78 Å². The van der Waals surface area contributed by atoms with E-state index in [1.807, 2.05) is 4.68 Å². The van der Waals surface area contributed by atoms with Crippen LogP contribution in [0.15, 0.2) is 0 Å². The van der Waals surface area contributed by atoms with Crippen molar-refractivity contribution in [3.63, 3.8) is 0 Å². The Morgan fingerprint density at radius 3 is 2.79 bits per heavy atom. The van der Waals surface area contributed by atoms with Crippen molar-refractivity contribution in [3.05, 3.63) is 16.4 Å². The van der Waals surface area contributed by atoms with E-state index in [4.69, 9.17) is 11.6 Å². The molecular formula is C15H23ClN2O. The van der Waals surface area contributed by atoms with Crippen LogP contribution in [0.1, 0.15) is 57.3 Å². The van der Waals surface area contributed by atoms with Crippen LogP contribution in [0, 0.1) is 5.92 Å². The van der Waals surface area contributed by atoms with Gasteiger partial charge >= 0.3 is 0 Å². The summed E-state index contributed by atoms with van der Waals surface area (Å²) in [4.78, 5) is 12.1. The molecule has 0 bridgehead atoms. The van der Waals surface area contributed by atoms with E-state index in [2.05, 4.69) is 18.9 Å². The molecule has 1 fully saturated rings. The van der Waals surface area contributed by atoms with E-state index in [9.17, 15) is 4.79 Å². The third-order valence-corrected chi connectivity index (χ3v) is 4.50. The van der Waals surface area contributed by atoms with E-state index in [1.165, 1.54) is 6.42 Å². The van der Waals surface area contributed by atoms with E-state index >= 15 is 0 Å². The van der Waals surface area contributed by atoms with Crippen molar-refractivity contribution in [2.45, 2.75) is 65.3 Å². The molecule has 0 aromatic carbocycles. The lowest BCUT2D eigenvalue weighted by atomic mass is 9.93. The molecule has 1 saturated carbocycles. The molecule has 0 amide bonds. The fourth-order valence-corrected chi connectivity index (χ4v) is 3.24. The monoisotopic (exact) mass is 282 g/mol. The Labute approximate surface area is 120 Å². The summed E-state index contributed by atoms with van der Waals surface area (Å²) >= 11 is 6.42. The molecule has 0 N–H and O–H groups in total. The average molecular weight is 283 g/mol. The first-order chi connectivity index (χ1) is 9.17. The minimum Gasteiger partial charge on any atom is -0.299 e. The van der Waals surface area contributed by atoms with Gasteiger partial charge in [-0.1, -0.05) is 31.4 Å². The predicted octanol–water partition coefficient (Wildman–Crippen LogP) is 3.81. The van der Waals surface area contributed by atoms with Crippen molar-refractivity contribution in [1.29, 1.82) is 0 Å². The van der Waals surface area contributed by atoms with E-state index in [-0.39, 0.29) is 5.92 Å². The molecule has 2 rings (SSSR count). The zero-order chi connectivity index (χ0) is 13.8. The number of hydrogen-bond acceptors (Lipinski definition) is 2. The fourth-order valence-electron chi connectivity index (χ4n) is 2.89. The molecule has 19 heavy (non-hydrogen) atoms. The Bertz CT molecular complexity index is 453. The number of nitrogens with zero attached hydrogens (tertiary/aromatic N) is 2. The number of carbonyl (C=O) groups is 1. The van der Waals surface area contributed by atoms with Gasteiger partial charge in [0.15, 0.2) is 0 Å². The molecule has 4 heteroatoms. The van der Waals surface area contributed by atoms with Gasteiger partial charge in [0.25, 0.3) is 0 Å². The summed E-state index contributed by atoms with van der Waals surface area (Å²) in [5, 5.41) is 5.31. The second kappa shape index (κ2) is 6.56. The average Bonchev–Trinajstić information content (AvgIpc) is 2.57. The van der Waals surface area contributed by atoms with Crippen LogP contribution in [0.4, 0.5) is 0 Å². The number of rotatable bonds is 4. The van der Waals surface area contributed by atoms with Gasteiger partial charge in [-0.05, 0) is 26.2 Å². The Balaban J connectivity index is 2.21. The summed E-state index contributed by atoms with van der Waals surface area (Å²) in [5.74, 6) is 0.558. The zero-order valence-corrected chi connectivity index (χ0v) is 12.7. The maximum atomic E-state index is 12.1. The van der Waals surface area contributed by atoms with Gasteiger partial charge < -0.3 is 0 Å². The van der Waals surface area contributed by atoms with Crippen LogP contribution in [0.25, 0.3) is 0 Å². The molecule has 0 spiro atoms. The summed E-state index contributed by atoms with van der Waals surface area (Å²) in [6, 6.07) is 0. The van der Waals surface area contributed by atoms with E-state index in [0.29, 0.717) is 5.78 Å². The molecule has 3 nitrogen and oxygen atoms in total. The minimum atomic E-state index is 0.145. The van der Waals surface area contributed by atoms with Gasteiger partial charge in [0.05, 0.1) is 16.4 Å². The number of carbonyl (C=O) groups excluding carboxylic acids is 1. The summed E-state index contributed by atoms with van der Waals surface area (Å²) in [7, 11) is 0. The van der Waals surface area contributed by atoms with Crippen molar-refractivity contribution in [2.24, 2.45) is 5.92 Å². The van der Waals surface area contributed by atoms with Gasteiger partial charge in [0, 0.05) is 25.3 Å². The Morgan fingerprint density at radius 1 is 1.32 bits per heavy atom. The summed E-state index contributed by atoms with van der Waals surface area (Å²) in [5.41, 5.74) is 2.01. The number of ketones is 1. The van der Waals surface area contributed by atoms with Crippen LogP contribution in [-0.4, -0.2) is 15.6 Å². The third kappa shape index (κ3) is 3.19. The SMILES string of the molecule is CCc1nn(CC)c(CC2CCCCCC2=O)c1Cl.